The fourth-order valence-corrected chi connectivity index (χ4v) is 2.28. The van der Waals surface area contributed by atoms with Gasteiger partial charge in [0.25, 0.3) is 0 Å². The van der Waals surface area contributed by atoms with Gasteiger partial charge in [0.1, 0.15) is 12.4 Å². The molecule has 0 saturated heterocycles. The lowest BCUT2D eigenvalue weighted by molar-refractivity contribution is 0.301. The van der Waals surface area contributed by atoms with Gasteiger partial charge in [0.2, 0.25) is 0 Å². The summed E-state index contributed by atoms with van der Waals surface area (Å²) in [6.45, 7) is 0.473. The molecule has 0 aliphatic carbocycles. The maximum Gasteiger partial charge on any atom is 0.130 e. The summed E-state index contributed by atoms with van der Waals surface area (Å²) in [5.74, 6) is 0.837. The van der Waals surface area contributed by atoms with Crippen molar-refractivity contribution in [2.24, 2.45) is 0 Å². The second-order valence-corrected chi connectivity index (χ2v) is 5.16. The Kier molecular flexibility index (Phi) is 3.47. The Morgan fingerprint density at radius 2 is 1.84 bits per heavy atom. The highest BCUT2D eigenvalue weighted by Gasteiger charge is 2.00. The van der Waals surface area contributed by atoms with Crippen LogP contribution in [-0.4, -0.2) is 4.98 Å². The van der Waals surface area contributed by atoms with Crippen LogP contribution in [0.1, 0.15) is 5.69 Å². The van der Waals surface area contributed by atoms with Crippen LogP contribution in [0.2, 0.25) is 0 Å². The van der Waals surface area contributed by atoms with Crippen molar-refractivity contribution in [1.82, 2.24) is 4.98 Å². The number of hydrogen-bond donors (Lipinski definition) is 0. The minimum atomic E-state index is 0.473. The molecule has 0 radical (unpaired) electrons. The van der Waals surface area contributed by atoms with Crippen LogP contribution in [0.4, 0.5) is 0 Å². The summed E-state index contributed by atoms with van der Waals surface area (Å²) in [7, 11) is 0. The van der Waals surface area contributed by atoms with E-state index in [1.54, 1.807) is 0 Å². The molecule has 0 amide bonds. The fraction of sp³-hybridized carbons (Fsp3) is 0.0625. The fourth-order valence-electron chi connectivity index (χ4n) is 1.90. The van der Waals surface area contributed by atoms with E-state index < -0.39 is 0 Å². The number of fused-ring (bicyclic) bond motifs is 1. The summed E-state index contributed by atoms with van der Waals surface area (Å²) in [6, 6.07) is 20.0. The first-order valence-electron chi connectivity index (χ1n) is 6.04. The monoisotopic (exact) mass is 313 g/mol. The number of hydrogen-bond acceptors (Lipinski definition) is 2. The highest BCUT2D eigenvalue weighted by molar-refractivity contribution is 9.10. The third-order valence-corrected chi connectivity index (χ3v) is 3.33. The Bertz CT molecular complexity index is 712. The maximum atomic E-state index is 5.73. The lowest BCUT2D eigenvalue weighted by Gasteiger charge is -2.07. The molecular weight excluding hydrogens is 302 g/mol. The molecule has 0 saturated carbocycles. The molecule has 3 aromatic rings. The summed E-state index contributed by atoms with van der Waals surface area (Å²) in [6.07, 6.45) is 0. The SMILES string of the molecule is Brc1cccc(OCc2ccc3ccccc3n2)c1. The summed E-state index contributed by atoms with van der Waals surface area (Å²) >= 11 is 3.43. The van der Waals surface area contributed by atoms with Gasteiger partial charge in [-0.3, -0.25) is 0 Å². The average molecular weight is 314 g/mol. The summed E-state index contributed by atoms with van der Waals surface area (Å²) in [5, 5.41) is 1.15. The topological polar surface area (TPSA) is 22.1 Å². The zero-order chi connectivity index (χ0) is 13.1. The van der Waals surface area contributed by atoms with Crippen molar-refractivity contribution in [2.75, 3.05) is 0 Å². The number of pyridine rings is 1. The van der Waals surface area contributed by atoms with Crippen LogP contribution in [0.5, 0.6) is 5.75 Å². The molecule has 1 aromatic heterocycles. The van der Waals surface area contributed by atoms with E-state index in [-0.39, 0.29) is 0 Å². The largest absolute Gasteiger partial charge is 0.487 e. The zero-order valence-corrected chi connectivity index (χ0v) is 11.8. The van der Waals surface area contributed by atoms with Gasteiger partial charge in [-0.05, 0) is 30.3 Å². The molecule has 2 nitrogen and oxygen atoms in total. The van der Waals surface area contributed by atoms with E-state index in [9.17, 15) is 0 Å². The van der Waals surface area contributed by atoms with Crippen molar-refractivity contribution in [3.8, 4) is 5.75 Å². The van der Waals surface area contributed by atoms with Gasteiger partial charge in [-0.25, -0.2) is 4.98 Å². The second kappa shape index (κ2) is 5.41. The minimum absolute atomic E-state index is 0.473. The molecule has 0 aliphatic heterocycles. The van der Waals surface area contributed by atoms with Gasteiger partial charge in [-0.15, -0.1) is 0 Å². The van der Waals surface area contributed by atoms with Crippen molar-refractivity contribution in [3.63, 3.8) is 0 Å². The van der Waals surface area contributed by atoms with E-state index in [4.69, 9.17) is 4.74 Å². The molecule has 19 heavy (non-hydrogen) atoms. The van der Waals surface area contributed by atoms with Crippen LogP contribution < -0.4 is 4.74 Å². The van der Waals surface area contributed by atoms with Gasteiger partial charge in [-0.2, -0.15) is 0 Å². The van der Waals surface area contributed by atoms with Crippen LogP contribution in [0.15, 0.2) is 65.1 Å². The van der Waals surface area contributed by atoms with Gasteiger partial charge in [0.15, 0.2) is 0 Å². The minimum Gasteiger partial charge on any atom is -0.487 e. The van der Waals surface area contributed by atoms with E-state index in [0.29, 0.717) is 6.61 Å². The van der Waals surface area contributed by atoms with Crippen LogP contribution in [0.25, 0.3) is 10.9 Å². The number of benzene rings is 2. The van der Waals surface area contributed by atoms with Gasteiger partial charge >= 0.3 is 0 Å². The highest BCUT2D eigenvalue weighted by Crippen LogP contribution is 2.19. The van der Waals surface area contributed by atoms with Crippen molar-refractivity contribution in [1.29, 1.82) is 0 Å². The van der Waals surface area contributed by atoms with Crippen LogP contribution >= 0.6 is 15.9 Å². The Labute approximate surface area is 120 Å². The van der Waals surface area contributed by atoms with Crippen LogP contribution in [0.3, 0.4) is 0 Å². The molecule has 1 heterocycles. The van der Waals surface area contributed by atoms with E-state index >= 15 is 0 Å². The predicted octanol–water partition coefficient (Wildman–Crippen LogP) is 4.58. The number of aromatic nitrogens is 1. The zero-order valence-electron chi connectivity index (χ0n) is 10.2. The third-order valence-electron chi connectivity index (χ3n) is 2.84. The van der Waals surface area contributed by atoms with Gasteiger partial charge in [-0.1, -0.05) is 46.3 Å². The Morgan fingerprint density at radius 1 is 0.947 bits per heavy atom. The van der Waals surface area contributed by atoms with Crippen molar-refractivity contribution < 1.29 is 4.74 Å². The molecule has 0 spiro atoms. The molecule has 0 bridgehead atoms. The smallest absolute Gasteiger partial charge is 0.130 e. The first-order valence-corrected chi connectivity index (χ1v) is 6.83. The molecule has 0 fully saturated rings. The number of rotatable bonds is 3. The lowest BCUT2D eigenvalue weighted by atomic mass is 10.2. The molecule has 3 rings (SSSR count). The second-order valence-electron chi connectivity index (χ2n) is 4.24. The first-order chi connectivity index (χ1) is 9.31. The summed E-state index contributed by atoms with van der Waals surface area (Å²) in [4.78, 5) is 4.58. The number of ether oxygens (including phenoxy) is 1. The number of halogens is 1. The quantitative estimate of drug-likeness (QED) is 0.706. The molecule has 0 aliphatic rings. The average Bonchev–Trinajstić information content (AvgIpc) is 2.45. The van der Waals surface area contributed by atoms with Crippen LogP contribution in [-0.2, 0) is 6.61 Å². The van der Waals surface area contributed by atoms with Gasteiger partial charge < -0.3 is 4.74 Å². The molecule has 3 heteroatoms. The van der Waals surface area contributed by atoms with Crippen LogP contribution in [0, 0.1) is 0 Å². The van der Waals surface area contributed by atoms with Crippen molar-refractivity contribution in [3.05, 3.63) is 70.8 Å². The number of para-hydroxylation sites is 1. The van der Waals surface area contributed by atoms with E-state index in [1.165, 1.54) is 0 Å². The van der Waals surface area contributed by atoms with E-state index in [2.05, 4.69) is 33.0 Å². The maximum absolute atomic E-state index is 5.73. The van der Waals surface area contributed by atoms with Gasteiger partial charge in [0, 0.05) is 9.86 Å². The molecule has 0 N–H and O–H groups in total. The van der Waals surface area contributed by atoms with Crippen molar-refractivity contribution in [2.45, 2.75) is 6.61 Å². The molecular formula is C16H12BrNO. The summed E-state index contributed by atoms with van der Waals surface area (Å²) in [5.41, 5.74) is 1.93. The highest BCUT2D eigenvalue weighted by atomic mass is 79.9. The predicted molar refractivity (Wildman–Crippen MR) is 80.2 cm³/mol. The molecule has 94 valence electrons. The normalized spacial score (nSPS) is 10.6. The molecule has 0 unspecified atom stereocenters. The van der Waals surface area contributed by atoms with E-state index in [1.807, 2.05) is 48.5 Å². The molecule has 0 atom stereocenters. The third kappa shape index (κ3) is 2.93. The van der Waals surface area contributed by atoms with E-state index in [0.717, 1.165) is 26.8 Å². The first kappa shape index (κ1) is 12.2. The molecule has 2 aromatic carbocycles. The Morgan fingerprint density at radius 3 is 2.74 bits per heavy atom. The van der Waals surface area contributed by atoms with Crippen molar-refractivity contribution >= 4 is 26.8 Å². The summed E-state index contributed by atoms with van der Waals surface area (Å²) < 4.78 is 6.74. The number of nitrogens with zero attached hydrogens (tertiary/aromatic N) is 1. The lowest BCUT2D eigenvalue weighted by Crippen LogP contribution is -1.98. The van der Waals surface area contributed by atoms with Gasteiger partial charge in [0.05, 0.1) is 11.2 Å². The Balaban J connectivity index is 1.78. The Hall–Kier alpha value is -1.87. The standard InChI is InChI=1S/C16H12BrNO/c17-13-5-3-6-15(10-13)19-11-14-9-8-12-4-1-2-7-16(12)18-14/h1-10H,11H2.